The van der Waals surface area contributed by atoms with Crippen LogP contribution in [0.15, 0.2) is 12.1 Å². The summed E-state index contributed by atoms with van der Waals surface area (Å²) >= 11 is 5.92. The van der Waals surface area contributed by atoms with Gasteiger partial charge >= 0.3 is 0 Å². The lowest BCUT2D eigenvalue weighted by Gasteiger charge is -2.29. The first-order valence-electron chi connectivity index (χ1n) is 7.76. The number of hydrogen-bond donors (Lipinski definition) is 1. The molecule has 0 aromatic carbocycles. The van der Waals surface area contributed by atoms with Gasteiger partial charge in [0.2, 0.25) is 0 Å². The topological polar surface area (TPSA) is 24.9 Å². The van der Waals surface area contributed by atoms with Crippen LogP contribution in [0.25, 0.3) is 0 Å². The minimum absolute atomic E-state index is 0.437. The quantitative estimate of drug-likeness (QED) is 0.579. The van der Waals surface area contributed by atoms with Gasteiger partial charge in [-0.3, -0.25) is 0 Å². The van der Waals surface area contributed by atoms with E-state index in [0.717, 1.165) is 17.3 Å². The number of aromatic nitrogens is 1. The van der Waals surface area contributed by atoms with Crippen LogP contribution in [-0.4, -0.2) is 11.0 Å². The lowest BCUT2D eigenvalue weighted by molar-refractivity contribution is 0.214. The second-order valence-corrected chi connectivity index (χ2v) is 7.57. The van der Waals surface area contributed by atoms with E-state index in [9.17, 15) is 0 Å². The molecule has 0 radical (unpaired) electrons. The lowest BCUT2D eigenvalue weighted by atomic mass is 9.76. The highest BCUT2D eigenvalue weighted by atomic mass is 35.5. The van der Waals surface area contributed by atoms with Gasteiger partial charge in [0.1, 0.15) is 5.15 Å². The molecule has 1 heterocycles. The molecule has 3 heteroatoms. The predicted octanol–water partition coefficient (Wildman–Crippen LogP) is 5.45. The molecular formula is C17H27ClN2. The SMILES string of the molecule is Cc1nc(Cl)ccc1NC1CCCC(C(C)(C)C)CC1. The van der Waals surface area contributed by atoms with Crippen molar-refractivity contribution in [1.29, 1.82) is 0 Å². The van der Waals surface area contributed by atoms with Crippen LogP contribution in [-0.2, 0) is 0 Å². The normalized spacial score (nSPS) is 24.2. The van der Waals surface area contributed by atoms with Gasteiger partial charge in [-0.2, -0.15) is 0 Å². The fraction of sp³-hybridized carbons (Fsp3) is 0.706. The maximum atomic E-state index is 5.92. The van der Waals surface area contributed by atoms with Crippen molar-refractivity contribution in [3.8, 4) is 0 Å². The summed E-state index contributed by atoms with van der Waals surface area (Å²) in [5.41, 5.74) is 2.56. The summed E-state index contributed by atoms with van der Waals surface area (Å²) in [6.45, 7) is 9.14. The zero-order valence-electron chi connectivity index (χ0n) is 13.2. The van der Waals surface area contributed by atoms with E-state index in [2.05, 4.69) is 37.1 Å². The molecule has 2 nitrogen and oxygen atoms in total. The molecule has 2 unspecified atom stereocenters. The van der Waals surface area contributed by atoms with Crippen LogP contribution in [0, 0.1) is 18.3 Å². The maximum absolute atomic E-state index is 5.92. The van der Waals surface area contributed by atoms with Crippen LogP contribution in [0.5, 0.6) is 0 Å². The standard InChI is InChI=1S/C17H27ClN2/c1-12-15(10-11-16(18)19-12)20-14-7-5-6-13(8-9-14)17(2,3)4/h10-11,13-14,20H,5-9H2,1-4H3. The molecule has 1 fully saturated rings. The molecule has 2 atom stereocenters. The highest BCUT2D eigenvalue weighted by Gasteiger charge is 2.27. The highest BCUT2D eigenvalue weighted by molar-refractivity contribution is 6.29. The number of nitrogens with one attached hydrogen (secondary N) is 1. The average Bonchev–Trinajstić information content (AvgIpc) is 2.58. The number of hydrogen-bond acceptors (Lipinski definition) is 2. The molecule has 1 aliphatic carbocycles. The molecule has 1 aromatic rings. The van der Waals surface area contributed by atoms with Crippen LogP contribution in [0.2, 0.25) is 5.15 Å². The van der Waals surface area contributed by atoms with Crippen LogP contribution >= 0.6 is 11.6 Å². The average molecular weight is 295 g/mol. The third-order valence-electron chi connectivity index (χ3n) is 4.60. The van der Waals surface area contributed by atoms with Crippen molar-refractivity contribution < 1.29 is 0 Å². The molecular weight excluding hydrogens is 268 g/mol. The first-order chi connectivity index (χ1) is 9.36. The molecule has 0 amide bonds. The van der Waals surface area contributed by atoms with E-state index >= 15 is 0 Å². The van der Waals surface area contributed by atoms with E-state index in [1.165, 1.54) is 32.1 Å². The Hall–Kier alpha value is -0.760. The molecule has 0 bridgehead atoms. The summed E-state index contributed by atoms with van der Waals surface area (Å²) in [5, 5.41) is 4.24. The van der Waals surface area contributed by atoms with E-state index in [4.69, 9.17) is 11.6 Å². The summed E-state index contributed by atoms with van der Waals surface area (Å²) in [5.74, 6) is 0.846. The van der Waals surface area contributed by atoms with Crippen molar-refractivity contribution in [1.82, 2.24) is 4.98 Å². The van der Waals surface area contributed by atoms with Crippen LogP contribution in [0.1, 0.15) is 58.6 Å². The number of aryl methyl sites for hydroxylation is 1. The number of rotatable bonds is 2. The van der Waals surface area contributed by atoms with Gasteiger partial charge in [-0.05, 0) is 56.1 Å². The van der Waals surface area contributed by atoms with Gasteiger partial charge in [-0.1, -0.05) is 38.8 Å². The number of nitrogens with zero attached hydrogens (tertiary/aromatic N) is 1. The summed E-state index contributed by atoms with van der Waals surface area (Å²) in [6.07, 6.45) is 6.51. The minimum atomic E-state index is 0.437. The Morgan fingerprint density at radius 2 is 1.90 bits per heavy atom. The zero-order valence-corrected chi connectivity index (χ0v) is 13.9. The van der Waals surface area contributed by atoms with Crippen LogP contribution < -0.4 is 5.32 Å². The molecule has 0 aliphatic heterocycles. The smallest absolute Gasteiger partial charge is 0.129 e. The van der Waals surface area contributed by atoms with Crippen molar-refractivity contribution in [2.24, 2.45) is 11.3 Å². The van der Waals surface area contributed by atoms with Crippen molar-refractivity contribution in [3.63, 3.8) is 0 Å². The Morgan fingerprint density at radius 3 is 2.55 bits per heavy atom. The molecule has 112 valence electrons. The molecule has 1 aromatic heterocycles. The monoisotopic (exact) mass is 294 g/mol. The van der Waals surface area contributed by atoms with Crippen molar-refractivity contribution in [3.05, 3.63) is 23.0 Å². The van der Waals surface area contributed by atoms with Crippen LogP contribution in [0.3, 0.4) is 0 Å². The first-order valence-corrected chi connectivity index (χ1v) is 8.14. The van der Waals surface area contributed by atoms with Gasteiger partial charge in [0.25, 0.3) is 0 Å². The molecule has 1 aliphatic rings. The van der Waals surface area contributed by atoms with Gasteiger partial charge < -0.3 is 5.32 Å². The summed E-state index contributed by atoms with van der Waals surface area (Å²) in [7, 11) is 0. The fourth-order valence-corrected chi connectivity index (χ4v) is 3.40. The van der Waals surface area contributed by atoms with Gasteiger partial charge in [-0.25, -0.2) is 4.98 Å². The largest absolute Gasteiger partial charge is 0.381 e. The Balaban J connectivity index is 1.97. The Bertz CT molecular complexity index is 451. The zero-order chi connectivity index (χ0) is 14.8. The second-order valence-electron chi connectivity index (χ2n) is 7.18. The molecule has 0 saturated heterocycles. The van der Waals surface area contributed by atoms with Gasteiger partial charge in [0, 0.05) is 6.04 Å². The molecule has 0 spiro atoms. The molecule has 1 saturated carbocycles. The van der Waals surface area contributed by atoms with Gasteiger partial charge in [-0.15, -0.1) is 0 Å². The Kier molecular flexibility index (Phi) is 4.95. The Morgan fingerprint density at radius 1 is 1.15 bits per heavy atom. The second kappa shape index (κ2) is 6.34. The molecule has 2 rings (SSSR count). The minimum Gasteiger partial charge on any atom is -0.381 e. The van der Waals surface area contributed by atoms with Crippen molar-refractivity contribution in [2.75, 3.05) is 5.32 Å². The summed E-state index contributed by atoms with van der Waals surface area (Å²) in [6, 6.07) is 4.49. The van der Waals surface area contributed by atoms with E-state index in [-0.39, 0.29) is 0 Å². The van der Waals surface area contributed by atoms with Crippen molar-refractivity contribution in [2.45, 2.75) is 65.8 Å². The van der Waals surface area contributed by atoms with Crippen LogP contribution in [0.4, 0.5) is 5.69 Å². The van der Waals surface area contributed by atoms with E-state index in [1.807, 2.05) is 13.0 Å². The number of pyridine rings is 1. The van der Waals surface area contributed by atoms with E-state index in [0.29, 0.717) is 16.6 Å². The van der Waals surface area contributed by atoms with Crippen molar-refractivity contribution >= 4 is 17.3 Å². The predicted molar refractivity (Wildman–Crippen MR) is 87.4 cm³/mol. The highest BCUT2D eigenvalue weighted by Crippen LogP contribution is 2.37. The summed E-state index contributed by atoms with van der Waals surface area (Å²) < 4.78 is 0. The Labute approximate surface area is 128 Å². The van der Waals surface area contributed by atoms with E-state index in [1.54, 1.807) is 0 Å². The number of halogens is 1. The third kappa shape index (κ3) is 4.12. The molecule has 20 heavy (non-hydrogen) atoms. The molecule has 1 N–H and O–H groups in total. The van der Waals surface area contributed by atoms with Gasteiger partial charge in [0.05, 0.1) is 11.4 Å². The fourth-order valence-electron chi connectivity index (χ4n) is 3.21. The third-order valence-corrected chi connectivity index (χ3v) is 4.82. The van der Waals surface area contributed by atoms with E-state index < -0.39 is 0 Å². The van der Waals surface area contributed by atoms with Gasteiger partial charge in [0.15, 0.2) is 0 Å². The first kappa shape index (κ1) is 15.6. The summed E-state index contributed by atoms with van der Waals surface area (Å²) in [4.78, 5) is 4.32. The maximum Gasteiger partial charge on any atom is 0.129 e. The lowest BCUT2D eigenvalue weighted by Crippen LogP contribution is -2.22. The number of anilines is 1.